The number of hydrogen-bond donors (Lipinski definition) is 0. The third kappa shape index (κ3) is 2.96. The molecule has 5 nitrogen and oxygen atoms in total. The van der Waals surface area contributed by atoms with Gasteiger partial charge in [0.1, 0.15) is 11.4 Å². The lowest BCUT2D eigenvalue weighted by molar-refractivity contribution is 0.0743. The van der Waals surface area contributed by atoms with Crippen LogP contribution in [0, 0.1) is 0 Å². The van der Waals surface area contributed by atoms with E-state index in [2.05, 4.69) is 16.0 Å². The quantitative estimate of drug-likeness (QED) is 0.730. The number of anilines is 1. The van der Waals surface area contributed by atoms with Crippen LogP contribution in [-0.2, 0) is 0 Å². The summed E-state index contributed by atoms with van der Waals surface area (Å²) in [6, 6.07) is 17.8. The molecule has 0 N–H and O–H groups in total. The van der Waals surface area contributed by atoms with Crippen molar-refractivity contribution in [3.63, 3.8) is 0 Å². The minimum absolute atomic E-state index is 0.00137. The first-order chi connectivity index (χ1) is 12.8. The first-order valence-corrected chi connectivity index (χ1v) is 8.79. The number of methoxy groups -OCH3 is 1. The number of fused-ring (bicyclic) bond motifs is 1. The van der Waals surface area contributed by atoms with Gasteiger partial charge in [-0.05, 0) is 23.6 Å². The zero-order valence-corrected chi connectivity index (χ0v) is 14.8. The monoisotopic (exact) mass is 347 g/mol. The SMILES string of the molecule is COc1ccccc1N1CCN(C(=O)c2nccc3ccccc23)CC1. The van der Waals surface area contributed by atoms with E-state index < -0.39 is 0 Å². The second kappa shape index (κ2) is 7.04. The Hall–Kier alpha value is -3.08. The van der Waals surface area contributed by atoms with Gasteiger partial charge in [-0.1, -0.05) is 36.4 Å². The smallest absolute Gasteiger partial charge is 0.273 e. The molecule has 2 aromatic carbocycles. The van der Waals surface area contributed by atoms with Crippen molar-refractivity contribution < 1.29 is 9.53 Å². The highest BCUT2D eigenvalue weighted by Crippen LogP contribution is 2.28. The Kier molecular flexibility index (Phi) is 4.44. The molecule has 0 saturated carbocycles. The summed E-state index contributed by atoms with van der Waals surface area (Å²) in [4.78, 5) is 21.5. The van der Waals surface area contributed by atoms with Crippen molar-refractivity contribution in [1.29, 1.82) is 0 Å². The van der Waals surface area contributed by atoms with Crippen molar-refractivity contribution in [3.05, 3.63) is 66.5 Å². The predicted octanol–water partition coefficient (Wildman–Crippen LogP) is 3.21. The van der Waals surface area contributed by atoms with E-state index in [1.807, 2.05) is 53.4 Å². The Balaban J connectivity index is 1.52. The van der Waals surface area contributed by atoms with Gasteiger partial charge in [0.05, 0.1) is 12.8 Å². The van der Waals surface area contributed by atoms with Gasteiger partial charge in [-0.3, -0.25) is 9.78 Å². The number of para-hydroxylation sites is 2. The molecule has 0 aliphatic carbocycles. The van der Waals surface area contributed by atoms with Gasteiger partial charge in [-0.2, -0.15) is 0 Å². The Morgan fingerprint density at radius 2 is 1.69 bits per heavy atom. The Morgan fingerprint density at radius 1 is 0.962 bits per heavy atom. The topological polar surface area (TPSA) is 45.7 Å². The fourth-order valence-electron chi connectivity index (χ4n) is 3.48. The van der Waals surface area contributed by atoms with E-state index in [4.69, 9.17) is 4.74 Å². The van der Waals surface area contributed by atoms with E-state index in [-0.39, 0.29) is 5.91 Å². The molecule has 132 valence electrons. The maximum atomic E-state index is 13.0. The van der Waals surface area contributed by atoms with E-state index in [0.717, 1.165) is 35.3 Å². The van der Waals surface area contributed by atoms with Crippen molar-refractivity contribution in [1.82, 2.24) is 9.88 Å². The van der Waals surface area contributed by atoms with Gasteiger partial charge in [0, 0.05) is 37.8 Å². The minimum atomic E-state index is 0.00137. The average molecular weight is 347 g/mol. The normalized spacial score (nSPS) is 14.5. The molecule has 0 radical (unpaired) electrons. The second-order valence-corrected chi connectivity index (χ2v) is 6.33. The highest BCUT2D eigenvalue weighted by molar-refractivity contribution is 6.05. The third-order valence-corrected chi connectivity index (χ3v) is 4.87. The summed E-state index contributed by atoms with van der Waals surface area (Å²) in [7, 11) is 1.69. The van der Waals surface area contributed by atoms with E-state index in [0.29, 0.717) is 18.8 Å². The molecule has 1 aliphatic heterocycles. The number of nitrogens with zero attached hydrogens (tertiary/aromatic N) is 3. The maximum absolute atomic E-state index is 13.0. The number of carbonyl (C=O) groups is 1. The third-order valence-electron chi connectivity index (χ3n) is 4.87. The summed E-state index contributed by atoms with van der Waals surface area (Å²) in [5.41, 5.74) is 1.61. The number of hydrogen-bond acceptors (Lipinski definition) is 4. The molecule has 1 aliphatic rings. The molecule has 0 bridgehead atoms. The first kappa shape index (κ1) is 16.4. The Bertz CT molecular complexity index is 928. The summed E-state index contributed by atoms with van der Waals surface area (Å²) in [6.07, 6.45) is 1.71. The average Bonchev–Trinajstić information content (AvgIpc) is 2.73. The first-order valence-electron chi connectivity index (χ1n) is 8.79. The van der Waals surface area contributed by atoms with Gasteiger partial charge in [-0.15, -0.1) is 0 Å². The molecular formula is C21H21N3O2. The predicted molar refractivity (Wildman–Crippen MR) is 103 cm³/mol. The van der Waals surface area contributed by atoms with Crippen LogP contribution in [0.2, 0.25) is 0 Å². The molecule has 0 atom stereocenters. The van der Waals surface area contributed by atoms with E-state index in [1.54, 1.807) is 13.3 Å². The molecule has 26 heavy (non-hydrogen) atoms. The summed E-state index contributed by atoms with van der Waals surface area (Å²) in [5.74, 6) is 0.865. The summed E-state index contributed by atoms with van der Waals surface area (Å²) < 4.78 is 5.46. The van der Waals surface area contributed by atoms with Crippen LogP contribution < -0.4 is 9.64 Å². The van der Waals surface area contributed by atoms with Crippen LogP contribution in [0.4, 0.5) is 5.69 Å². The van der Waals surface area contributed by atoms with Crippen LogP contribution in [-0.4, -0.2) is 49.1 Å². The molecule has 1 aromatic heterocycles. The van der Waals surface area contributed by atoms with Crippen LogP contribution in [0.1, 0.15) is 10.5 Å². The van der Waals surface area contributed by atoms with Crippen molar-refractivity contribution in [2.75, 3.05) is 38.2 Å². The second-order valence-electron chi connectivity index (χ2n) is 6.33. The van der Waals surface area contributed by atoms with Crippen LogP contribution in [0.3, 0.4) is 0 Å². The summed E-state index contributed by atoms with van der Waals surface area (Å²) in [5, 5.41) is 1.95. The number of piperazine rings is 1. The van der Waals surface area contributed by atoms with Crippen molar-refractivity contribution in [2.45, 2.75) is 0 Å². The highest BCUT2D eigenvalue weighted by atomic mass is 16.5. The molecule has 1 fully saturated rings. The number of rotatable bonds is 3. The molecule has 5 heteroatoms. The molecule has 3 aromatic rings. The van der Waals surface area contributed by atoms with Crippen molar-refractivity contribution >= 4 is 22.4 Å². The molecule has 1 saturated heterocycles. The number of amides is 1. The number of ether oxygens (including phenoxy) is 1. The van der Waals surface area contributed by atoms with Crippen molar-refractivity contribution in [2.24, 2.45) is 0 Å². The van der Waals surface area contributed by atoms with Crippen LogP contribution in [0.15, 0.2) is 60.8 Å². The number of pyridine rings is 1. The fraction of sp³-hybridized carbons (Fsp3) is 0.238. The molecule has 2 heterocycles. The lowest BCUT2D eigenvalue weighted by Crippen LogP contribution is -2.49. The van der Waals surface area contributed by atoms with E-state index >= 15 is 0 Å². The van der Waals surface area contributed by atoms with Gasteiger partial charge < -0.3 is 14.5 Å². The highest BCUT2D eigenvalue weighted by Gasteiger charge is 2.25. The lowest BCUT2D eigenvalue weighted by Gasteiger charge is -2.36. The van der Waals surface area contributed by atoms with E-state index in [1.165, 1.54) is 0 Å². The van der Waals surface area contributed by atoms with E-state index in [9.17, 15) is 4.79 Å². The molecular weight excluding hydrogens is 326 g/mol. The zero-order valence-electron chi connectivity index (χ0n) is 14.8. The largest absolute Gasteiger partial charge is 0.495 e. The molecule has 4 rings (SSSR count). The lowest BCUT2D eigenvalue weighted by atomic mass is 10.1. The number of carbonyl (C=O) groups excluding carboxylic acids is 1. The van der Waals surface area contributed by atoms with Crippen LogP contribution in [0.25, 0.3) is 10.8 Å². The minimum Gasteiger partial charge on any atom is -0.495 e. The number of benzene rings is 2. The zero-order chi connectivity index (χ0) is 17.9. The standard InChI is InChI=1S/C21H21N3O2/c1-26-19-9-5-4-8-18(19)23-12-14-24(15-13-23)21(25)20-17-7-3-2-6-16(17)10-11-22-20/h2-11H,12-15H2,1H3. The number of aromatic nitrogens is 1. The van der Waals surface area contributed by atoms with Gasteiger partial charge >= 0.3 is 0 Å². The van der Waals surface area contributed by atoms with Gasteiger partial charge in [0.2, 0.25) is 0 Å². The Labute approximate surface area is 152 Å². The van der Waals surface area contributed by atoms with Crippen molar-refractivity contribution in [3.8, 4) is 5.75 Å². The summed E-state index contributed by atoms with van der Waals surface area (Å²) in [6.45, 7) is 2.89. The van der Waals surface area contributed by atoms with Gasteiger partial charge in [0.15, 0.2) is 0 Å². The summed E-state index contributed by atoms with van der Waals surface area (Å²) >= 11 is 0. The van der Waals surface area contributed by atoms with Gasteiger partial charge in [-0.25, -0.2) is 0 Å². The van der Waals surface area contributed by atoms with Crippen LogP contribution >= 0.6 is 0 Å². The molecule has 1 amide bonds. The van der Waals surface area contributed by atoms with Crippen LogP contribution in [0.5, 0.6) is 5.75 Å². The van der Waals surface area contributed by atoms with Gasteiger partial charge in [0.25, 0.3) is 5.91 Å². The fourth-order valence-corrected chi connectivity index (χ4v) is 3.48. The molecule has 0 spiro atoms. The molecule has 0 unspecified atom stereocenters. The Morgan fingerprint density at radius 3 is 2.50 bits per heavy atom. The maximum Gasteiger partial charge on any atom is 0.273 e.